The Hall–Kier alpha value is -2.72. The minimum Gasteiger partial charge on any atom is -0.273 e. The average molecular weight is 364 g/mol. The van der Waals surface area contributed by atoms with Gasteiger partial charge in [0.05, 0.1) is 11.7 Å². The van der Waals surface area contributed by atoms with Crippen molar-refractivity contribution in [3.63, 3.8) is 0 Å². The third kappa shape index (κ3) is 3.46. The number of halogens is 1. The van der Waals surface area contributed by atoms with Crippen LogP contribution in [0.15, 0.2) is 59.8 Å². The molecule has 1 N–H and O–H groups in total. The van der Waals surface area contributed by atoms with Crippen molar-refractivity contribution in [3.05, 3.63) is 76.4 Å². The zero-order valence-corrected chi connectivity index (χ0v) is 15.1. The molecule has 1 aromatic heterocycles. The summed E-state index contributed by atoms with van der Waals surface area (Å²) in [6.07, 6.45) is 4.30. The average Bonchev–Trinajstić information content (AvgIpc) is 3.43. The Kier molecular flexibility index (Phi) is 4.43. The van der Waals surface area contributed by atoms with Crippen LogP contribution < -0.4 is 5.43 Å². The fourth-order valence-corrected chi connectivity index (χ4v) is 3.52. The lowest BCUT2D eigenvalue weighted by Gasteiger charge is -2.03. The van der Waals surface area contributed by atoms with Gasteiger partial charge >= 0.3 is 0 Å². The third-order valence-corrected chi connectivity index (χ3v) is 4.95. The van der Waals surface area contributed by atoms with Crippen LogP contribution in [0.4, 0.5) is 0 Å². The van der Waals surface area contributed by atoms with Crippen LogP contribution in [0.3, 0.4) is 0 Å². The zero-order chi connectivity index (χ0) is 18.1. The number of aryl methyl sites for hydroxylation is 1. The van der Waals surface area contributed by atoms with Crippen molar-refractivity contribution in [1.29, 1.82) is 0 Å². The first-order chi connectivity index (χ1) is 12.6. The van der Waals surface area contributed by atoms with E-state index in [0.29, 0.717) is 5.02 Å². The summed E-state index contributed by atoms with van der Waals surface area (Å²) in [6.45, 7) is 2.02. The molecule has 4 rings (SSSR count). The van der Waals surface area contributed by atoms with Crippen molar-refractivity contribution in [2.75, 3.05) is 0 Å². The molecule has 4 nitrogen and oxygen atoms in total. The van der Waals surface area contributed by atoms with Gasteiger partial charge < -0.3 is 0 Å². The Balaban J connectivity index is 1.41. The lowest BCUT2D eigenvalue weighted by atomic mass is 10.1. The number of hydrogen-bond donors (Lipinski definition) is 1. The van der Waals surface area contributed by atoms with Gasteiger partial charge in [-0.2, -0.15) is 5.10 Å². The van der Waals surface area contributed by atoms with E-state index in [-0.39, 0.29) is 17.7 Å². The van der Waals surface area contributed by atoms with E-state index in [9.17, 15) is 4.79 Å². The summed E-state index contributed by atoms with van der Waals surface area (Å²) in [5.74, 6) is 0.149. The van der Waals surface area contributed by atoms with Crippen molar-refractivity contribution < 1.29 is 4.79 Å². The van der Waals surface area contributed by atoms with Crippen molar-refractivity contribution in [3.8, 4) is 0 Å². The van der Waals surface area contributed by atoms with E-state index in [1.165, 1.54) is 0 Å². The number of pyridine rings is 1. The van der Waals surface area contributed by atoms with E-state index in [0.717, 1.165) is 34.0 Å². The van der Waals surface area contributed by atoms with Gasteiger partial charge in [0.1, 0.15) is 0 Å². The number of rotatable bonds is 4. The fourth-order valence-electron chi connectivity index (χ4n) is 3.32. The number of aromatic nitrogens is 1. The molecule has 3 aromatic rings. The Morgan fingerprint density at radius 1 is 1.27 bits per heavy atom. The maximum atomic E-state index is 12.3. The lowest BCUT2D eigenvalue weighted by molar-refractivity contribution is -0.122. The van der Waals surface area contributed by atoms with Crippen LogP contribution in [0.5, 0.6) is 0 Å². The van der Waals surface area contributed by atoms with Crippen LogP contribution in [0.25, 0.3) is 10.9 Å². The van der Waals surface area contributed by atoms with Crippen LogP contribution in [0, 0.1) is 12.8 Å². The van der Waals surface area contributed by atoms with Gasteiger partial charge in [-0.1, -0.05) is 29.8 Å². The van der Waals surface area contributed by atoms with Crippen LogP contribution >= 0.6 is 11.6 Å². The normalized spacial score (nSPS) is 19.0. The van der Waals surface area contributed by atoms with Crippen LogP contribution in [0.2, 0.25) is 5.02 Å². The maximum Gasteiger partial charge on any atom is 0.243 e. The predicted molar refractivity (Wildman–Crippen MR) is 105 cm³/mol. The Bertz CT molecular complexity index is 1020. The number of nitrogens with one attached hydrogen (secondary N) is 1. The molecule has 1 saturated carbocycles. The molecular weight excluding hydrogens is 346 g/mol. The summed E-state index contributed by atoms with van der Waals surface area (Å²) < 4.78 is 0. The quantitative estimate of drug-likeness (QED) is 0.550. The first-order valence-corrected chi connectivity index (χ1v) is 8.93. The first-order valence-electron chi connectivity index (χ1n) is 8.55. The number of carbonyl (C=O) groups is 1. The molecule has 0 unspecified atom stereocenters. The van der Waals surface area contributed by atoms with Crippen molar-refractivity contribution in [2.24, 2.45) is 11.0 Å². The van der Waals surface area contributed by atoms with Gasteiger partial charge in [0.2, 0.25) is 5.91 Å². The van der Waals surface area contributed by atoms with Gasteiger partial charge in [-0.15, -0.1) is 0 Å². The molecule has 1 fully saturated rings. The van der Waals surface area contributed by atoms with Crippen LogP contribution in [-0.2, 0) is 4.79 Å². The summed E-state index contributed by atoms with van der Waals surface area (Å²) in [5, 5.41) is 5.89. The van der Waals surface area contributed by atoms with E-state index in [2.05, 4.69) is 15.5 Å². The van der Waals surface area contributed by atoms with Crippen molar-refractivity contribution in [2.45, 2.75) is 19.3 Å². The maximum absolute atomic E-state index is 12.3. The molecular formula is C21H18ClN3O. The van der Waals surface area contributed by atoms with E-state index < -0.39 is 0 Å². The molecule has 1 aliphatic carbocycles. The van der Waals surface area contributed by atoms with Gasteiger partial charge in [0.15, 0.2) is 0 Å². The number of fused-ring (bicyclic) bond motifs is 1. The van der Waals surface area contributed by atoms with E-state index in [1.54, 1.807) is 12.4 Å². The minimum atomic E-state index is -0.0506. The smallest absolute Gasteiger partial charge is 0.243 e. The Morgan fingerprint density at radius 3 is 3.00 bits per heavy atom. The highest BCUT2D eigenvalue weighted by Crippen LogP contribution is 2.47. The molecule has 2 aromatic carbocycles. The van der Waals surface area contributed by atoms with Gasteiger partial charge in [0.25, 0.3) is 0 Å². The topological polar surface area (TPSA) is 54.4 Å². The highest BCUT2D eigenvalue weighted by atomic mass is 35.5. The van der Waals surface area contributed by atoms with Gasteiger partial charge in [-0.3, -0.25) is 9.78 Å². The standard InChI is InChI=1S/C21H18ClN3O/c1-13-8-14(9-16-5-3-7-23-20(13)16)12-24-25-21(26)19-11-18(19)15-4-2-6-17(22)10-15/h2-10,12,18-19H,11H2,1H3,(H,25,26)/t18-,19+/m0/s1. The SMILES string of the molecule is Cc1cc(C=NNC(=O)[C@@H]2C[C@H]2c2cccc(Cl)c2)cc2cccnc12. The summed E-state index contributed by atoms with van der Waals surface area (Å²) in [5.41, 5.74) is 6.77. The number of hydrazone groups is 1. The minimum absolute atomic E-state index is 0.0341. The third-order valence-electron chi connectivity index (χ3n) is 4.71. The summed E-state index contributed by atoms with van der Waals surface area (Å²) in [4.78, 5) is 16.7. The van der Waals surface area contributed by atoms with E-state index in [1.807, 2.05) is 55.5 Å². The highest BCUT2D eigenvalue weighted by Gasteiger charge is 2.43. The molecule has 130 valence electrons. The highest BCUT2D eigenvalue weighted by molar-refractivity contribution is 6.30. The van der Waals surface area contributed by atoms with Gasteiger partial charge in [-0.05, 0) is 66.3 Å². The second kappa shape index (κ2) is 6.89. The first kappa shape index (κ1) is 16.7. The number of benzene rings is 2. The Labute approximate surface area is 156 Å². The molecule has 5 heteroatoms. The van der Waals surface area contributed by atoms with Crippen LogP contribution in [0.1, 0.15) is 29.0 Å². The molecule has 1 aliphatic rings. The van der Waals surface area contributed by atoms with E-state index in [4.69, 9.17) is 11.6 Å². The van der Waals surface area contributed by atoms with Crippen molar-refractivity contribution in [1.82, 2.24) is 10.4 Å². The molecule has 0 bridgehead atoms. The number of amides is 1. The molecule has 0 saturated heterocycles. The number of hydrogen-bond acceptors (Lipinski definition) is 3. The molecule has 26 heavy (non-hydrogen) atoms. The number of nitrogens with zero attached hydrogens (tertiary/aromatic N) is 2. The van der Waals surface area contributed by atoms with E-state index >= 15 is 0 Å². The second-order valence-electron chi connectivity index (χ2n) is 6.65. The molecule has 2 atom stereocenters. The number of carbonyl (C=O) groups excluding carboxylic acids is 1. The fraction of sp³-hybridized carbons (Fsp3) is 0.190. The summed E-state index contributed by atoms with van der Waals surface area (Å²) in [7, 11) is 0. The molecule has 1 amide bonds. The molecule has 1 heterocycles. The van der Waals surface area contributed by atoms with Crippen molar-refractivity contribution >= 4 is 34.6 Å². The molecule has 0 radical (unpaired) electrons. The Morgan fingerprint density at radius 2 is 2.15 bits per heavy atom. The van der Waals surface area contributed by atoms with Gasteiger partial charge in [0, 0.05) is 22.5 Å². The van der Waals surface area contributed by atoms with Crippen LogP contribution in [-0.4, -0.2) is 17.1 Å². The van der Waals surface area contributed by atoms with Gasteiger partial charge in [-0.25, -0.2) is 5.43 Å². The predicted octanol–water partition coefficient (Wildman–Crippen LogP) is 4.45. The summed E-state index contributed by atoms with van der Waals surface area (Å²) >= 11 is 6.02. The molecule has 0 aliphatic heterocycles. The monoisotopic (exact) mass is 363 g/mol. The zero-order valence-electron chi connectivity index (χ0n) is 14.3. The molecule has 0 spiro atoms. The largest absolute Gasteiger partial charge is 0.273 e. The summed E-state index contributed by atoms with van der Waals surface area (Å²) in [6, 6.07) is 15.6. The second-order valence-corrected chi connectivity index (χ2v) is 7.09. The lowest BCUT2D eigenvalue weighted by Crippen LogP contribution is -2.20.